The van der Waals surface area contributed by atoms with Crippen LogP contribution in [0.3, 0.4) is 0 Å². The smallest absolute Gasteiger partial charge is 0.329 e. The topological polar surface area (TPSA) is 90.2 Å². The number of nitrogens with one attached hydrogen (secondary N) is 1. The lowest BCUT2D eigenvalue weighted by molar-refractivity contribution is -0.384. The van der Waals surface area contributed by atoms with Crippen LogP contribution in [0.1, 0.15) is 13.3 Å². The van der Waals surface area contributed by atoms with Crippen molar-refractivity contribution in [3.05, 3.63) is 21.6 Å². The van der Waals surface area contributed by atoms with Crippen LogP contribution in [0.25, 0.3) is 0 Å². The van der Waals surface area contributed by atoms with Gasteiger partial charge in [-0.15, -0.1) is 0 Å². The SMILES string of the molecule is COCCC(C)Nc1nc(Cl)ncc1[N+](=O)[O-]. The van der Waals surface area contributed by atoms with E-state index in [-0.39, 0.29) is 22.8 Å². The van der Waals surface area contributed by atoms with Gasteiger partial charge in [0.05, 0.1) is 4.92 Å². The van der Waals surface area contributed by atoms with Gasteiger partial charge in [-0.05, 0) is 24.9 Å². The fourth-order valence-corrected chi connectivity index (χ4v) is 1.33. The van der Waals surface area contributed by atoms with E-state index in [0.29, 0.717) is 13.0 Å². The van der Waals surface area contributed by atoms with Crippen LogP contribution in [0.2, 0.25) is 5.28 Å². The van der Waals surface area contributed by atoms with Crippen molar-refractivity contribution < 1.29 is 9.66 Å². The molecular formula is C9H13ClN4O3. The molecule has 1 aromatic rings. The van der Waals surface area contributed by atoms with Crippen molar-refractivity contribution in [3.63, 3.8) is 0 Å². The number of rotatable bonds is 6. The first-order chi connectivity index (χ1) is 8.04. The van der Waals surface area contributed by atoms with Crippen molar-refractivity contribution in [1.29, 1.82) is 0 Å². The summed E-state index contributed by atoms with van der Waals surface area (Å²) in [5.74, 6) is 0.124. The number of ether oxygens (including phenoxy) is 1. The number of hydrogen-bond acceptors (Lipinski definition) is 6. The van der Waals surface area contributed by atoms with Gasteiger partial charge in [-0.1, -0.05) is 0 Å². The molecule has 0 saturated carbocycles. The van der Waals surface area contributed by atoms with Crippen LogP contribution in [-0.4, -0.2) is 34.6 Å². The normalized spacial score (nSPS) is 12.2. The zero-order valence-corrected chi connectivity index (χ0v) is 10.3. The van der Waals surface area contributed by atoms with Gasteiger partial charge in [0.15, 0.2) is 0 Å². The monoisotopic (exact) mass is 260 g/mol. The van der Waals surface area contributed by atoms with E-state index < -0.39 is 4.92 Å². The van der Waals surface area contributed by atoms with E-state index >= 15 is 0 Å². The molecule has 0 radical (unpaired) electrons. The average molecular weight is 261 g/mol. The Morgan fingerprint density at radius 2 is 2.41 bits per heavy atom. The number of nitro groups is 1. The molecule has 0 aliphatic rings. The van der Waals surface area contributed by atoms with Crippen molar-refractivity contribution >= 4 is 23.1 Å². The molecule has 0 aromatic carbocycles. The molecule has 94 valence electrons. The Morgan fingerprint density at radius 1 is 1.71 bits per heavy atom. The van der Waals surface area contributed by atoms with Gasteiger partial charge in [-0.2, -0.15) is 4.98 Å². The minimum atomic E-state index is -0.554. The maximum absolute atomic E-state index is 10.7. The van der Waals surface area contributed by atoms with Crippen molar-refractivity contribution in [2.75, 3.05) is 19.0 Å². The number of hydrogen-bond donors (Lipinski definition) is 1. The summed E-state index contributed by atoms with van der Waals surface area (Å²) >= 11 is 5.60. The third kappa shape index (κ3) is 4.12. The highest BCUT2D eigenvalue weighted by molar-refractivity contribution is 6.28. The van der Waals surface area contributed by atoms with Gasteiger partial charge in [0.25, 0.3) is 0 Å². The molecule has 1 N–H and O–H groups in total. The molecule has 0 fully saturated rings. The van der Waals surface area contributed by atoms with Gasteiger partial charge in [-0.3, -0.25) is 10.1 Å². The van der Waals surface area contributed by atoms with Gasteiger partial charge in [0, 0.05) is 19.8 Å². The van der Waals surface area contributed by atoms with Crippen LogP contribution < -0.4 is 5.32 Å². The maximum Gasteiger partial charge on any atom is 0.329 e. The second kappa shape index (κ2) is 6.31. The summed E-state index contributed by atoms with van der Waals surface area (Å²) in [6.45, 7) is 2.43. The van der Waals surface area contributed by atoms with Gasteiger partial charge < -0.3 is 10.1 Å². The molecule has 1 rings (SSSR count). The maximum atomic E-state index is 10.7. The second-order valence-electron chi connectivity index (χ2n) is 3.46. The van der Waals surface area contributed by atoms with Crippen LogP contribution in [0.15, 0.2) is 6.20 Å². The van der Waals surface area contributed by atoms with Gasteiger partial charge in [-0.25, -0.2) is 4.98 Å². The van der Waals surface area contributed by atoms with E-state index in [0.717, 1.165) is 6.20 Å². The summed E-state index contributed by atoms with van der Waals surface area (Å²) in [6.07, 6.45) is 1.79. The van der Waals surface area contributed by atoms with Crippen LogP contribution in [-0.2, 0) is 4.74 Å². The molecule has 1 unspecified atom stereocenters. The minimum Gasteiger partial charge on any atom is -0.385 e. The van der Waals surface area contributed by atoms with Crippen molar-refractivity contribution in [2.24, 2.45) is 0 Å². The predicted octanol–water partition coefficient (Wildman–Crippen LogP) is 1.88. The predicted molar refractivity (Wildman–Crippen MR) is 63.3 cm³/mol. The fourth-order valence-electron chi connectivity index (χ4n) is 1.19. The zero-order chi connectivity index (χ0) is 12.8. The van der Waals surface area contributed by atoms with Crippen LogP contribution in [0.5, 0.6) is 0 Å². The van der Waals surface area contributed by atoms with Gasteiger partial charge >= 0.3 is 5.69 Å². The third-order valence-electron chi connectivity index (χ3n) is 2.07. The van der Waals surface area contributed by atoms with Crippen LogP contribution in [0.4, 0.5) is 11.5 Å². The Balaban J connectivity index is 2.81. The third-order valence-corrected chi connectivity index (χ3v) is 2.26. The highest BCUT2D eigenvalue weighted by atomic mass is 35.5. The Bertz CT molecular complexity index is 402. The molecule has 17 heavy (non-hydrogen) atoms. The summed E-state index contributed by atoms with van der Waals surface area (Å²) < 4.78 is 4.92. The average Bonchev–Trinajstić information content (AvgIpc) is 2.26. The lowest BCUT2D eigenvalue weighted by atomic mass is 10.2. The molecule has 0 aliphatic heterocycles. The standard InChI is InChI=1S/C9H13ClN4O3/c1-6(3-4-17-2)12-8-7(14(15)16)5-11-9(10)13-8/h5-6H,3-4H2,1-2H3,(H,11,12,13). The van der Waals surface area contributed by atoms with Crippen LogP contribution >= 0.6 is 11.6 Å². The van der Waals surface area contributed by atoms with E-state index in [2.05, 4.69) is 15.3 Å². The lowest BCUT2D eigenvalue weighted by Crippen LogP contribution is -2.19. The summed E-state index contributed by atoms with van der Waals surface area (Å²) in [6, 6.07) is -0.0142. The molecular weight excluding hydrogens is 248 g/mol. The molecule has 0 saturated heterocycles. The molecule has 1 atom stereocenters. The minimum absolute atomic E-state index is 0.0142. The summed E-state index contributed by atoms with van der Waals surface area (Å²) in [7, 11) is 1.59. The fraction of sp³-hybridized carbons (Fsp3) is 0.556. The number of nitrogens with zero attached hydrogens (tertiary/aromatic N) is 3. The molecule has 1 heterocycles. The second-order valence-corrected chi connectivity index (χ2v) is 3.79. The van der Waals surface area contributed by atoms with Crippen LogP contribution in [0, 0.1) is 10.1 Å². The summed E-state index contributed by atoms with van der Waals surface area (Å²) in [5, 5.41) is 13.6. The molecule has 0 bridgehead atoms. The molecule has 0 aliphatic carbocycles. The Morgan fingerprint density at radius 3 is 3.00 bits per heavy atom. The van der Waals surface area contributed by atoms with E-state index in [1.165, 1.54) is 0 Å². The largest absolute Gasteiger partial charge is 0.385 e. The summed E-state index contributed by atoms with van der Waals surface area (Å²) in [4.78, 5) is 17.6. The Hall–Kier alpha value is -1.47. The number of aromatic nitrogens is 2. The Kier molecular flexibility index (Phi) is 5.05. The van der Waals surface area contributed by atoms with E-state index in [1.54, 1.807) is 7.11 Å². The molecule has 8 heteroatoms. The van der Waals surface area contributed by atoms with E-state index in [1.807, 2.05) is 6.92 Å². The van der Waals surface area contributed by atoms with Crippen molar-refractivity contribution in [2.45, 2.75) is 19.4 Å². The first kappa shape index (κ1) is 13.6. The molecule has 1 aromatic heterocycles. The lowest BCUT2D eigenvalue weighted by Gasteiger charge is -2.13. The van der Waals surface area contributed by atoms with Crippen molar-refractivity contribution in [1.82, 2.24) is 9.97 Å². The first-order valence-electron chi connectivity index (χ1n) is 4.97. The number of halogens is 1. The quantitative estimate of drug-likeness (QED) is 0.477. The molecule has 0 spiro atoms. The number of methoxy groups -OCH3 is 1. The zero-order valence-electron chi connectivity index (χ0n) is 9.51. The van der Waals surface area contributed by atoms with E-state index in [9.17, 15) is 10.1 Å². The van der Waals surface area contributed by atoms with Gasteiger partial charge in [0.2, 0.25) is 11.1 Å². The highest BCUT2D eigenvalue weighted by Gasteiger charge is 2.18. The van der Waals surface area contributed by atoms with Gasteiger partial charge in [0.1, 0.15) is 6.20 Å². The van der Waals surface area contributed by atoms with E-state index in [4.69, 9.17) is 16.3 Å². The highest BCUT2D eigenvalue weighted by Crippen LogP contribution is 2.22. The first-order valence-corrected chi connectivity index (χ1v) is 5.34. The van der Waals surface area contributed by atoms with Crippen molar-refractivity contribution in [3.8, 4) is 0 Å². The number of anilines is 1. The molecule has 0 amide bonds. The Labute approximate surface area is 103 Å². The molecule has 7 nitrogen and oxygen atoms in total. The summed E-state index contributed by atoms with van der Waals surface area (Å²) in [5.41, 5.74) is -0.196.